The summed E-state index contributed by atoms with van der Waals surface area (Å²) < 4.78 is 13.4. The van der Waals surface area contributed by atoms with Gasteiger partial charge in [-0.15, -0.1) is 12.4 Å². The summed E-state index contributed by atoms with van der Waals surface area (Å²) >= 11 is 5.88. The normalized spacial score (nSPS) is 12.1. The number of benzene rings is 1. The molecule has 1 atom stereocenters. The second kappa shape index (κ2) is 7.56. The van der Waals surface area contributed by atoms with Crippen molar-refractivity contribution < 1.29 is 14.3 Å². The van der Waals surface area contributed by atoms with E-state index in [1.54, 1.807) is 31.0 Å². The first-order valence-corrected chi connectivity index (χ1v) is 5.67. The van der Waals surface area contributed by atoms with Gasteiger partial charge in [-0.25, -0.2) is 4.39 Å². The van der Waals surface area contributed by atoms with Crippen molar-refractivity contribution in [3.63, 3.8) is 0 Å². The Morgan fingerprint density at radius 2 is 2.17 bits per heavy atom. The number of carbonyl (C=O) groups is 1. The van der Waals surface area contributed by atoms with Gasteiger partial charge in [-0.1, -0.05) is 17.7 Å². The largest absolute Gasteiger partial charge is 0.480 e. The van der Waals surface area contributed by atoms with E-state index in [0.29, 0.717) is 23.6 Å². The Kier molecular flexibility index (Phi) is 7.21. The number of aliphatic carboxylic acids is 1. The third-order valence-electron chi connectivity index (χ3n) is 2.79. The highest BCUT2D eigenvalue weighted by molar-refractivity contribution is 6.31. The van der Waals surface area contributed by atoms with E-state index in [2.05, 4.69) is 0 Å². The summed E-state index contributed by atoms with van der Waals surface area (Å²) in [5.74, 6) is -1.25. The first kappa shape index (κ1) is 17.2. The zero-order valence-electron chi connectivity index (χ0n) is 10.2. The Morgan fingerprint density at radius 3 is 2.67 bits per heavy atom. The Hall–Kier alpha value is -0.840. The molecule has 1 aromatic carbocycles. The standard InChI is InChI=1S/C12H15ClFNO2.ClH/c1-8(12(16)17)15(2)7-6-9-10(13)4-3-5-11(9)14;/h3-5,8H,6-7H2,1-2H3,(H,16,17);1H. The fourth-order valence-electron chi connectivity index (χ4n) is 1.44. The maximum absolute atomic E-state index is 13.4. The lowest BCUT2D eigenvalue weighted by Gasteiger charge is -2.21. The van der Waals surface area contributed by atoms with Crippen LogP contribution in [0.15, 0.2) is 18.2 Å². The average Bonchev–Trinajstić information content (AvgIpc) is 2.26. The number of likely N-dealkylation sites (N-methyl/N-ethyl adjacent to an activating group) is 1. The smallest absolute Gasteiger partial charge is 0.320 e. The molecule has 0 aliphatic heterocycles. The molecule has 102 valence electrons. The van der Waals surface area contributed by atoms with E-state index in [4.69, 9.17) is 16.7 Å². The van der Waals surface area contributed by atoms with Crippen LogP contribution in [0.5, 0.6) is 0 Å². The maximum atomic E-state index is 13.4. The molecule has 0 fully saturated rings. The number of rotatable bonds is 5. The summed E-state index contributed by atoms with van der Waals surface area (Å²) in [6.07, 6.45) is 0.389. The predicted molar refractivity (Wildman–Crippen MR) is 72.1 cm³/mol. The molecule has 0 bridgehead atoms. The van der Waals surface area contributed by atoms with Crippen LogP contribution in [0.1, 0.15) is 12.5 Å². The molecule has 0 radical (unpaired) electrons. The molecule has 1 unspecified atom stereocenters. The van der Waals surface area contributed by atoms with Gasteiger partial charge in [0.25, 0.3) is 0 Å². The molecule has 3 nitrogen and oxygen atoms in total. The van der Waals surface area contributed by atoms with E-state index < -0.39 is 12.0 Å². The number of hydrogen-bond donors (Lipinski definition) is 1. The lowest BCUT2D eigenvalue weighted by Crippen LogP contribution is -2.37. The molecule has 1 aromatic rings. The minimum absolute atomic E-state index is 0. The average molecular weight is 296 g/mol. The van der Waals surface area contributed by atoms with Gasteiger partial charge in [-0.3, -0.25) is 9.69 Å². The predicted octanol–water partition coefficient (Wildman–Crippen LogP) is 2.85. The lowest BCUT2D eigenvalue weighted by atomic mass is 10.1. The van der Waals surface area contributed by atoms with E-state index >= 15 is 0 Å². The summed E-state index contributed by atoms with van der Waals surface area (Å²) in [7, 11) is 1.69. The molecule has 0 amide bonds. The summed E-state index contributed by atoms with van der Waals surface area (Å²) in [4.78, 5) is 12.4. The van der Waals surface area contributed by atoms with Crippen LogP contribution in [0.3, 0.4) is 0 Å². The number of carboxylic acid groups (broad SMARTS) is 1. The first-order chi connectivity index (χ1) is 7.93. The van der Waals surface area contributed by atoms with Crippen LogP contribution in [-0.2, 0) is 11.2 Å². The van der Waals surface area contributed by atoms with Crippen molar-refractivity contribution in [3.05, 3.63) is 34.6 Å². The second-order valence-electron chi connectivity index (χ2n) is 3.95. The van der Waals surface area contributed by atoms with E-state index in [1.807, 2.05) is 0 Å². The summed E-state index contributed by atoms with van der Waals surface area (Å²) in [6, 6.07) is 3.92. The molecule has 6 heteroatoms. The van der Waals surface area contributed by atoms with E-state index in [0.717, 1.165) is 0 Å². The van der Waals surface area contributed by atoms with Gasteiger partial charge in [0.05, 0.1) is 0 Å². The molecule has 1 N–H and O–H groups in total. The van der Waals surface area contributed by atoms with Crippen molar-refractivity contribution in [1.82, 2.24) is 4.90 Å². The zero-order chi connectivity index (χ0) is 13.0. The van der Waals surface area contributed by atoms with Crippen LogP contribution in [0.4, 0.5) is 4.39 Å². The highest BCUT2D eigenvalue weighted by Crippen LogP contribution is 2.19. The Bertz CT molecular complexity index is 395. The molecule has 0 aliphatic carbocycles. The highest BCUT2D eigenvalue weighted by atomic mass is 35.5. The SMILES string of the molecule is CC(C(=O)O)N(C)CCc1c(F)cccc1Cl.Cl. The Labute approximate surface area is 117 Å². The van der Waals surface area contributed by atoms with E-state index in [-0.39, 0.29) is 18.2 Å². The number of carboxylic acids is 1. The number of nitrogens with zero attached hydrogens (tertiary/aromatic N) is 1. The number of hydrogen-bond acceptors (Lipinski definition) is 2. The monoisotopic (exact) mass is 295 g/mol. The molecule has 18 heavy (non-hydrogen) atoms. The van der Waals surface area contributed by atoms with Gasteiger partial charge in [-0.05, 0) is 32.5 Å². The van der Waals surface area contributed by atoms with Gasteiger partial charge in [0.15, 0.2) is 0 Å². The third-order valence-corrected chi connectivity index (χ3v) is 3.15. The highest BCUT2D eigenvalue weighted by Gasteiger charge is 2.17. The Balaban J connectivity index is 0.00000289. The van der Waals surface area contributed by atoms with Gasteiger partial charge >= 0.3 is 5.97 Å². The number of halogens is 3. The van der Waals surface area contributed by atoms with E-state index in [9.17, 15) is 9.18 Å². The fourth-order valence-corrected chi connectivity index (χ4v) is 1.70. The van der Waals surface area contributed by atoms with Crippen LogP contribution in [-0.4, -0.2) is 35.6 Å². The molecule has 0 heterocycles. The minimum atomic E-state index is -0.896. The van der Waals surface area contributed by atoms with Crippen molar-refractivity contribution in [1.29, 1.82) is 0 Å². The zero-order valence-corrected chi connectivity index (χ0v) is 11.8. The quantitative estimate of drug-likeness (QED) is 0.908. The lowest BCUT2D eigenvalue weighted by molar-refractivity contribution is -0.142. The van der Waals surface area contributed by atoms with Gasteiger partial charge < -0.3 is 5.11 Å². The van der Waals surface area contributed by atoms with Crippen LogP contribution >= 0.6 is 24.0 Å². The van der Waals surface area contributed by atoms with Crippen molar-refractivity contribution in [2.75, 3.05) is 13.6 Å². The van der Waals surface area contributed by atoms with E-state index in [1.165, 1.54) is 6.07 Å². The van der Waals surface area contributed by atoms with Crippen molar-refractivity contribution >= 4 is 30.0 Å². The first-order valence-electron chi connectivity index (χ1n) is 5.29. The minimum Gasteiger partial charge on any atom is -0.480 e. The molecule has 0 aromatic heterocycles. The molecule has 0 aliphatic rings. The fraction of sp³-hybridized carbons (Fsp3) is 0.417. The Morgan fingerprint density at radius 1 is 1.56 bits per heavy atom. The maximum Gasteiger partial charge on any atom is 0.320 e. The van der Waals surface area contributed by atoms with Crippen LogP contribution in [0.25, 0.3) is 0 Å². The van der Waals surface area contributed by atoms with Gasteiger partial charge in [0.2, 0.25) is 0 Å². The van der Waals surface area contributed by atoms with Crippen molar-refractivity contribution in [3.8, 4) is 0 Å². The summed E-state index contributed by atoms with van der Waals surface area (Å²) in [6.45, 7) is 2.03. The third kappa shape index (κ3) is 4.44. The van der Waals surface area contributed by atoms with Gasteiger partial charge in [0, 0.05) is 17.1 Å². The summed E-state index contributed by atoms with van der Waals surface area (Å²) in [5, 5.41) is 9.19. The molecule has 0 saturated heterocycles. The molecule has 1 rings (SSSR count). The van der Waals surface area contributed by atoms with Gasteiger partial charge in [0.1, 0.15) is 11.9 Å². The molecular weight excluding hydrogens is 280 g/mol. The van der Waals surface area contributed by atoms with Crippen molar-refractivity contribution in [2.24, 2.45) is 0 Å². The van der Waals surface area contributed by atoms with Crippen molar-refractivity contribution in [2.45, 2.75) is 19.4 Å². The topological polar surface area (TPSA) is 40.5 Å². The van der Waals surface area contributed by atoms with Crippen LogP contribution in [0, 0.1) is 5.82 Å². The van der Waals surface area contributed by atoms with Crippen LogP contribution in [0.2, 0.25) is 5.02 Å². The second-order valence-corrected chi connectivity index (χ2v) is 4.35. The molecule has 0 saturated carbocycles. The molecule has 0 spiro atoms. The molecular formula is C12H16Cl2FNO2. The van der Waals surface area contributed by atoms with Crippen LogP contribution < -0.4 is 0 Å². The summed E-state index contributed by atoms with van der Waals surface area (Å²) in [5.41, 5.74) is 0.429. The van der Waals surface area contributed by atoms with Gasteiger partial charge in [-0.2, -0.15) is 0 Å².